The molecule has 0 saturated carbocycles. The smallest absolute Gasteiger partial charge is 0.490 e. The highest BCUT2D eigenvalue weighted by Gasteiger charge is 2.31. The second-order valence-corrected chi connectivity index (χ2v) is 11.5. The van der Waals surface area contributed by atoms with Gasteiger partial charge in [0.25, 0.3) is 11.8 Å². The number of nitrogens with one attached hydrogen (secondary N) is 2. The number of hydrogen-bond acceptors (Lipinski definition) is 7. The van der Waals surface area contributed by atoms with Gasteiger partial charge in [0.15, 0.2) is 0 Å². The van der Waals surface area contributed by atoms with Crippen molar-refractivity contribution in [1.29, 1.82) is 0 Å². The lowest BCUT2D eigenvalue weighted by molar-refractivity contribution is -0.274. The number of carbonyl (C=O) groups is 3. The van der Waals surface area contributed by atoms with E-state index in [1.807, 2.05) is 0 Å². The summed E-state index contributed by atoms with van der Waals surface area (Å²) < 4.78 is 47.7. The minimum Gasteiger partial charge on any atom is -0.490 e. The Hall–Kier alpha value is -4.65. The molecule has 0 unspecified atom stereocenters. The number of alkyl halides is 3. The highest BCUT2D eigenvalue weighted by Crippen LogP contribution is 2.25. The SMILES string of the molecule is CC(=O)Nc1ccc(OC2CCN(C(=O)c3ccc(C(=O)NC4CCN(Cc5cccc(OC(F)(F)F)c5)CC4)cn3)CC2)cc1. The molecule has 2 aromatic carbocycles. The van der Waals surface area contributed by atoms with E-state index in [0.29, 0.717) is 81.0 Å². The van der Waals surface area contributed by atoms with Gasteiger partial charge >= 0.3 is 6.36 Å². The molecule has 3 heterocycles. The number of ether oxygens (including phenoxy) is 2. The molecule has 10 nitrogen and oxygen atoms in total. The molecule has 0 atom stereocenters. The number of anilines is 1. The molecule has 0 radical (unpaired) electrons. The molecular weight excluding hydrogens is 603 g/mol. The number of halogens is 3. The lowest BCUT2D eigenvalue weighted by Gasteiger charge is -2.32. The molecule has 2 fully saturated rings. The molecule has 13 heteroatoms. The number of pyridine rings is 1. The summed E-state index contributed by atoms with van der Waals surface area (Å²) in [7, 11) is 0. The number of benzene rings is 2. The summed E-state index contributed by atoms with van der Waals surface area (Å²) in [5.74, 6) is -0.160. The van der Waals surface area contributed by atoms with Crippen molar-refractivity contribution < 1.29 is 37.0 Å². The van der Waals surface area contributed by atoms with Crippen LogP contribution >= 0.6 is 0 Å². The predicted octanol–water partition coefficient (Wildman–Crippen LogP) is 5.02. The zero-order valence-corrected chi connectivity index (χ0v) is 25.4. The standard InChI is InChI=1S/C33H36F3N5O5/c1-22(42)38-25-6-8-27(9-7-25)45-28-13-17-41(18-14-28)32(44)30-10-5-24(20-37-30)31(43)39-26-11-15-40(16-12-26)21-23-3-2-4-29(19-23)46-33(34,35)36/h2-10,19-20,26,28H,11-18,21H2,1H3,(H,38,42)(H,39,43). The summed E-state index contributed by atoms with van der Waals surface area (Å²) >= 11 is 0. The van der Waals surface area contributed by atoms with Gasteiger partial charge in [0.2, 0.25) is 5.91 Å². The number of aromatic nitrogens is 1. The van der Waals surface area contributed by atoms with E-state index in [-0.39, 0.29) is 41.3 Å². The minimum atomic E-state index is -4.74. The Morgan fingerprint density at radius 2 is 1.63 bits per heavy atom. The zero-order valence-electron chi connectivity index (χ0n) is 25.4. The zero-order chi connectivity index (χ0) is 32.7. The molecule has 1 aromatic heterocycles. The monoisotopic (exact) mass is 639 g/mol. The van der Waals surface area contributed by atoms with Crippen molar-refractivity contribution in [2.45, 2.75) is 57.7 Å². The Kier molecular flexibility index (Phi) is 10.4. The van der Waals surface area contributed by atoms with Crippen LogP contribution in [0.2, 0.25) is 0 Å². The molecule has 46 heavy (non-hydrogen) atoms. The van der Waals surface area contributed by atoms with Gasteiger partial charge < -0.3 is 25.0 Å². The molecule has 5 rings (SSSR count). The Balaban J connectivity index is 1.04. The second-order valence-electron chi connectivity index (χ2n) is 11.5. The summed E-state index contributed by atoms with van der Waals surface area (Å²) in [6.45, 7) is 4.31. The maximum atomic E-state index is 13.1. The minimum absolute atomic E-state index is 0.0365. The first kappa shape index (κ1) is 32.7. The fourth-order valence-corrected chi connectivity index (χ4v) is 5.61. The van der Waals surface area contributed by atoms with Crippen LogP contribution in [0.15, 0.2) is 66.9 Å². The van der Waals surface area contributed by atoms with Crippen molar-refractivity contribution in [3.05, 3.63) is 83.7 Å². The van der Waals surface area contributed by atoms with Crippen molar-refractivity contribution in [3.8, 4) is 11.5 Å². The summed E-state index contributed by atoms with van der Waals surface area (Å²) in [4.78, 5) is 45.2. The molecule has 0 aliphatic carbocycles. The van der Waals surface area contributed by atoms with Crippen LogP contribution in [0, 0.1) is 0 Å². The Labute approximate surface area is 264 Å². The van der Waals surface area contributed by atoms with Crippen LogP contribution in [-0.4, -0.2) is 77.2 Å². The van der Waals surface area contributed by atoms with Crippen molar-refractivity contribution in [2.24, 2.45) is 0 Å². The third-order valence-corrected chi connectivity index (χ3v) is 7.91. The number of rotatable bonds is 9. The fraction of sp³-hybridized carbons (Fsp3) is 0.394. The molecular formula is C33H36F3N5O5. The Morgan fingerprint density at radius 3 is 2.26 bits per heavy atom. The van der Waals surface area contributed by atoms with Crippen molar-refractivity contribution in [2.75, 3.05) is 31.5 Å². The van der Waals surface area contributed by atoms with Crippen LogP contribution in [0.4, 0.5) is 18.9 Å². The lowest BCUT2D eigenvalue weighted by atomic mass is 10.0. The van der Waals surface area contributed by atoms with Crippen molar-refractivity contribution >= 4 is 23.4 Å². The fourth-order valence-electron chi connectivity index (χ4n) is 5.61. The number of piperidine rings is 2. The molecule has 2 N–H and O–H groups in total. The highest BCUT2D eigenvalue weighted by atomic mass is 19.4. The first-order chi connectivity index (χ1) is 22.0. The molecule has 2 aliphatic rings. The summed E-state index contributed by atoms with van der Waals surface area (Å²) in [6.07, 6.45) is -0.651. The van der Waals surface area contributed by atoms with E-state index in [1.165, 1.54) is 31.3 Å². The second kappa shape index (κ2) is 14.6. The van der Waals surface area contributed by atoms with Gasteiger partial charge in [-0.25, -0.2) is 0 Å². The molecule has 3 amide bonds. The van der Waals surface area contributed by atoms with E-state index in [4.69, 9.17) is 4.74 Å². The van der Waals surface area contributed by atoms with Crippen LogP contribution < -0.4 is 20.1 Å². The van der Waals surface area contributed by atoms with Crippen LogP contribution in [0.25, 0.3) is 0 Å². The van der Waals surface area contributed by atoms with Gasteiger partial charge in [-0.3, -0.25) is 24.3 Å². The number of nitrogens with zero attached hydrogens (tertiary/aromatic N) is 3. The Morgan fingerprint density at radius 1 is 0.913 bits per heavy atom. The molecule has 244 valence electrons. The first-order valence-corrected chi connectivity index (χ1v) is 15.2. The molecule has 0 spiro atoms. The normalized spacial score (nSPS) is 16.5. The third-order valence-electron chi connectivity index (χ3n) is 7.91. The quantitative estimate of drug-likeness (QED) is 0.338. The molecule has 3 aromatic rings. The van der Waals surface area contributed by atoms with Crippen LogP contribution in [0.3, 0.4) is 0 Å². The van der Waals surface area contributed by atoms with E-state index in [0.717, 1.165) is 0 Å². The van der Waals surface area contributed by atoms with Crippen molar-refractivity contribution in [3.63, 3.8) is 0 Å². The molecule has 2 saturated heterocycles. The van der Waals surface area contributed by atoms with E-state index < -0.39 is 6.36 Å². The van der Waals surface area contributed by atoms with E-state index in [2.05, 4.69) is 25.3 Å². The number of hydrogen-bond donors (Lipinski definition) is 2. The molecule has 2 aliphatic heterocycles. The number of carbonyl (C=O) groups excluding carboxylic acids is 3. The van der Waals surface area contributed by atoms with Gasteiger partial charge in [0, 0.05) is 70.4 Å². The highest BCUT2D eigenvalue weighted by molar-refractivity contribution is 5.96. The van der Waals surface area contributed by atoms with Gasteiger partial charge in [0.05, 0.1) is 5.56 Å². The van der Waals surface area contributed by atoms with Gasteiger partial charge in [-0.05, 0) is 66.9 Å². The van der Waals surface area contributed by atoms with Gasteiger partial charge in [-0.2, -0.15) is 0 Å². The van der Waals surface area contributed by atoms with Crippen LogP contribution in [0.1, 0.15) is 59.0 Å². The first-order valence-electron chi connectivity index (χ1n) is 15.2. The van der Waals surface area contributed by atoms with E-state index in [1.54, 1.807) is 47.4 Å². The average molecular weight is 640 g/mol. The Bertz CT molecular complexity index is 1500. The number of likely N-dealkylation sites (tertiary alicyclic amines) is 2. The average Bonchev–Trinajstić information content (AvgIpc) is 3.02. The van der Waals surface area contributed by atoms with Crippen LogP contribution in [-0.2, 0) is 11.3 Å². The van der Waals surface area contributed by atoms with Gasteiger partial charge in [0.1, 0.15) is 23.3 Å². The molecule has 0 bridgehead atoms. The van der Waals surface area contributed by atoms with Gasteiger partial charge in [-0.1, -0.05) is 12.1 Å². The lowest BCUT2D eigenvalue weighted by Crippen LogP contribution is -2.44. The van der Waals surface area contributed by atoms with E-state index >= 15 is 0 Å². The maximum Gasteiger partial charge on any atom is 0.573 e. The topological polar surface area (TPSA) is 113 Å². The van der Waals surface area contributed by atoms with Crippen molar-refractivity contribution in [1.82, 2.24) is 20.1 Å². The number of amides is 3. The third kappa shape index (κ3) is 9.43. The summed E-state index contributed by atoms with van der Waals surface area (Å²) in [5.41, 5.74) is 2.04. The van der Waals surface area contributed by atoms with Gasteiger partial charge in [-0.15, -0.1) is 13.2 Å². The van der Waals surface area contributed by atoms with Crippen LogP contribution in [0.5, 0.6) is 11.5 Å². The largest absolute Gasteiger partial charge is 0.573 e. The predicted molar refractivity (Wildman–Crippen MR) is 163 cm³/mol. The maximum absolute atomic E-state index is 13.1. The summed E-state index contributed by atoms with van der Waals surface area (Å²) in [5, 5.41) is 5.74. The van der Waals surface area contributed by atoms with E-state index in [9.17, 15) is 27.6 Å². The summed E-state index contributed by atoms with van der Waals surface area (Å²) in [6, 6.07) is 16.2.